The van der Waals surface area contributed by atoms with Gasteiger partial charge in [-0.3, -0.25) is 25.8 Å². The first-order valence-corrected chi connectivity index (χ1v) is 10.4. The van der Waals surface area contributed by atoms with Crippen LogP contribution in [0, 0.1) is 0 Å². The van der Waals surface area contributed by atoms with E-state index < -0.39 is 11.8 Å². The molecule has 0 saturated heterocycles. The van der Waals surface area contributed by atoms with Gasteiger partial charge >= 0.3 is 0 Å². The molecule has 7 nitrogen and oxygen atoms in total. The van der Waals surface area contributed by atoms with Gasteiger partial charge in [0.05, 0.1) is 12.2 Å². The van der Waals surface area contributed by atoms with Gasteiger partial charge in [0.1, 0.15) is 11.5 Å². The van der Waals surface area contributed by atoms with Crippen molar-refractivity contribution < 1.29 is 19.1 Å². The molecule has 3 N–H and O–H groups in total. The minimum atomic E-state index is -0.459. The van der Waals surface area contributed by atoms with Gasteiger partial charge in [-0.05, 0) is 42.9 Å². The number of para-hydroxylation sites is 2. The first-order valence-electron chi connectivity index (χ1n) is 9.97. The van der Waals surface area contributed by atoms with Crippen LogP contribution in [0.2, 0.25) is 0 Å². The molecule has 0 radical (unpaired) electrons. The van der Waals surface area contributed by atoms with E-state index >= 15 is 0 Å². The molecule has 3 rings (SSSR count). The predicted molar refractivity (Wildman–Crippen MR) is 126 cm³/mol. The maximum Gasteiger partial charge on any atom is 0.276 e. The van der Waals surface area contributed by atoms with Crippen LogP contribution in [0.4, 0.5) is 0 Å². The van der Waals surface area contributed by atoms with Gasteiger partial charge in [-0.2, -0.15) is 0 Å². The Morgan fingerprint density at radius 3 is 2.22 bits per heavy atom. The molecule has 0 spiro atoms. The van der Waals surface area contributed by atoms with Gasteiger partial charge in [0.25, 0.3) is 11.8 Å². The lowest BCUT2D eigenvalue weighted by atomic mass is 10.1. The van der Waals surface area contributed by atoms with E-state index in [1.807, 2.05) is 55.5 Å². The van der Waals surface area contributed by atoms with E-state index in [2.05, 4.69) is 16.2 Å². The summed E-state index contributed by atoms with van der Waals surface area (Å²) in [4.78, 5) is 24.6. The Balaban J connectivity index is 1.50. The van der Waals surface area contributed by atoms with E-state index in [1.165, 1.54) is 0 Å². The summed E-state index contributed by atoms with van der Waals surface area (Å²) in [6.07, 6.45) is 0. The van der Waals surface area contributed by atoms with E-state index in [1.54, 1.807) is 30.3 Å². The average Bonchev–Trinajstić information content (AvgIpc) is 2.82. The molecule has 2 amide bonds. The second kappa shape index (κ2) is 11.5. The Morgan fingerprint density at radius 1 is 0.812 bits per heavy atom. The molecular weight excluding hydrogens is 426 g/mol. The fraction of sp³-hybridized carbons (Fsp3) is 0.125. The molecule has 164 valence electrons. The third kappa shape index (κ3) is 6.29. The van der Waals surface area contributed by atoms with Crippen LogP contribution >= 0.6 is 12.2 Å². The number of carbonyl (C=O) groups excluding carboxylic acids is 2. The summed E-state index contributed by atoms with van der Waals surface area (Å²) in [5.74, 6) is 0.120. The second-order valence-electron chi connectivity index (χ2n) is 6.54. The standard InChI is InChI=1S/C24H23N3O4S/c1-2-30-21-15-9-7-13-19(21)23(29)25-24(32)27-26-22(28)16-31-20-14-8-6-12-18(20)17-10-4-3-5-11-17/h3-15H,2,16H2,1H3,(H,26,28)(H2,25,27,29,32). The molecule has 3 aromatic carbocycles. The van der Waals surface area contributed by atoms with Crippen molar-refractivity contribution in [3.63, 3.8) is 0 Å². The highest BCUT2D eigenvalue weighted by molar-refractivity contribution is 7.80. The van der Waals surface area contributed by atoms with E-state index in [9.17, 15) is 9.59 Å². The number of hydrogen-bond acceptors (Lipinski definition) is 5. The summed E-state index contributed by atoms with van der Waals surface area (Å²) < 4.78 is 11.1. The molecule has 32 heavy (non-hydrogen) atoms. The van der Waals surface area contributed by atoms with Crippen molar-refractivity contribution in [3.05, 3.63) is 84.4 Å². The van der Waals surface area contributed by atoms with Crippen LogP contribution in [0.25, 0.3) is 11.1 Å². The highest BCUT2D eigenvalue weighted by Gasteiger charge is 2.14. The summed E-state index contributed by atoms with van der Waals surface area (Å²) >= 11 is 5.08. The monoisotopic (exact) mass is 449 g/mol. The fourth-order valence-electron chi connectivity index (χ4n) is 2.89. The lowest BCUT2D eigenvalue weighted by Gasteiger charge is -2.14. The van der Waals surface area contributed by atoms with Crippen LogP contribution in [-0.2, 0) is 4.79 Å². The number of amides is 2. The SMILES string of the molecule is CCOc1ccccc1C(=O)NC(=S)NNC(=O)COc1ccccc1-c1ccccc1. The molecule has 0 aromatic heterocycles. The summed E-state index contributed by atoms with van der Waals surface area (Å²) in [6, 6.07) is 24.0. The van der Waals surface area contributed by atoms with Crippen molar-refractivity contribution in [3.8, 4) is 22.6 Å². The lowest BCUT2D eigenvalue weighted by molar-refractivity contribution is -0.123. The lowest BCUT2D eigenvalue weighted by Crippen LogP contribution is -2.49. The van der Waals surface area contributed by atoms with Gasteiger partial charge in [0.15, 0.2) is 11.7 Å². The molecule has 0 aliphatic rings. The maximum atomic E-state index is 12.4. The minimum absolute atomic E-state index is 0.0562. The van der Waals surface area contributed by atoms with Crippen LogP contribution in [0.1, 0.15) is 17.3 Å². The van der Waals surface area contributed by atoms with E-state index in [4.69, 9.17) is 21.7 Å². The van der Waals surface area contributed by atoms with Crippen molar-refractivity contribution in [2.75, 3.05) is 13.2 Å². The number of ether oxygens (including phenoxy) is 2. The number of hydrogen-bond donors (Lipinski definition) is 3. The Bertz CT molecular complexity index is 1090. The summed E-state index contributed by atoms with van der Waals surface area (Å²) in [6.45, 7) is 2.02. The smallest absolute Gasteiger partial charge is 0.276 e. The molecular formula is C24H23N3O4S. The highest BCUT2D eigenvalue weighted by atomic mass is 32.1. The van der Waals surface area contributed by atoms with Crippen molar-refractivity contribution >= 4 is 29.1 Å². The first kappa shape index (κ1) is 22.8. The quantitative estimate of drug-likeness (QED) is 0.378. The first-order chi connectivity index (χ1) is 15.6. The van der Waals surface area contributed by atoms with Crippen molar-refractivity contribution in [2.45, 2.75) is 6.92 Å². The normalized spacial score (nSPS) is 10.0. The third-order valence-electron chi connectivity index (χ3n) is 4.30. The number of hydrazine groups is 1. The topological polar surface area (TPSA) is 88.7 Å². The summed E-state index contributed by atoms with van der Waals surface area (Å²) in [5.41, 5.74) is 7.11. The zero-order valence-corrected chi connectivity index (χ0v) is 18.3. The van der Waals surface area contributed by atoms with Crippen LogP contribution in [-0.4, -0.2) is 30.1 Å². The van der Waals surface area contributed by atoms with E-state index in [0.717, 1.165) is 11.1 Å². The molecule has 0 aliphatic carbocycles. The van der Waals surface area contributed by atoms with E-state index in [-0.39, 0.29) is 11.7 Å². The van der Waals surface area contributed by atoms with Crippen LogP contribution in [0.15, 0.2) is 78.9 Å². The molecule has 0 unspecified atom stereocenters. The van der Waals surface area contributed by atoms with Crippen LogP contribution < -0.4 is 25.6 Å². The molecule has 0 fully saturated rings. The summed E-state index contributed by atoms with van der Waals surface area (Å²) in [5, 5.41) is 2.44. The molecule has 0 heterocycles. The molecule has 0 saturated carbocycles. The highest BCUT2D eigenvalue weighted by Crippen LogP contribution is 2.29. The minimum Gasteiger partial charge on any atom is -0.493 e. The van der Waals surface area contributed by atoms with Gasteiger partial charge in [-0.15, -0.1) is 0 Å². The van der Waals surface area contributed by atoms with Crippen molar-refractivity contribution in [1.82, 2.24) is 16.2 Å². The number of thiocarbonyl (C=S) groups is 1. The number of carbonyl (C=O) groups is 2. The maximum absolute atomic E-state index is 12.4. The van der Waals surface area contributed by atoms with Gasteiger partial charge < -0.3 is 9.47 Å². The Kier molecular flexibility index (Phi) is 8.16. The number of benzene rings is 3. The third-order valence-corrected chi connectivity index (χ3v) is 4.51. The molecule has 0 aliphatic heterocycles. The van der Waals surface area contributed by atoms with Crippen LogP contribution in [0.3, 0.4) is 0 Å². The Labute approximate surface area is 191 Å². The number of nitrogens with one attached hydrogen (secondary N) is 3. The Hall–Kier alpha value is -3.91. The van der Waals surface area contributed by atoms with Gasteiger partial charge in [-0.25, -0.2) is 0 Å². The van der Waals surface area contributed by atoms with Crippen molar-refractivity contribution in [2.24, 2.45) is 0 Å². The van der Waals surface area contributed by atoms with Gasteiger partial charge in [0, 0.05) is 5.56 Å². The Morgan fingerprint density at radius 2 is 1.47 bits per heavy atom. The van der Waals surface area contributed by atoms with Crippen LogP contribution in [0.5, 0.6) is 11.5 Å². The zero-order valence-electron chi connectivity index (χ0n) is 17.5. The summed E-state index contributed by atoms with van der Waals surface area (Å²) in [7, 11) is 0. The van der Waals surface area contributed by atoms with Gasteiger partial charge in [0.2, 0.25) is 0 Å². The fourth-order valence-corrected chi connectivity index (χ4v) is 3.04. The average molecular weight is 450 g/mol. The van der Waals surface area contributed by atoms with Crippen molar-refractivity contribution in [1.29, 1.82) is 0 Å². The molecule has 0 bridgehead atoms. The molecule has 3 aromatic rings. The predicted octanol–water partition coefficient (Wildman–Crippen LogP) is 3.47. The number of rotatable bonds is 7. The van der Waals surface area contributed by atoms with Gasteiger partial charge in [-0.1, -0.05) is 60.7 Å². The molecule has 8 heteroatoms. The van der Waals surface area contributed by atoms with E-state index in [0.29, 0.717) is 23.7 Å². The molecule has 0 atom stereocenters. The zero-order chi connectivity index (χ0) is 22.8. The second-order valence-corrected chi connectivity index (χ2v) is 6.94. The largest absolute Gasteiger partial charge is 0.493 e.